The molecule has 0 unspecified atom stereocenters. The molecule has 0 saturated carbocycles. The molecule has 0 atom stereocenters. The highest BCUT2D eigenvalue weighted by atomic mass is 16.1. The standard InChI is InChI=1S/C8H7N5O/c9-8(14)6-1-2-7(11-3-6)13-5-10-4-12-13/h1-5H,(H2,9,14). The van der Waals surface area contributed by atoms with Crippen LogP contribution in [0.25, 0.3) is 5.82 Å². The third kappa shape index (κ3) is 1.45. The molecular formula is C8H7N5O. The lowest BCUT2D eigenvalue weighted by atomic mass is 10.3. The van der Waals surface area contributed by atoms with Gasteiger partial charge >= 0.3 is 0 Å². The lowest BCUT2D eigenvalue weighted by Gasteiger charge is -1.99. The van der Waals surface area contributed by atoms with E-state index in [1.54, 1.807) is 12.1 Å². The molecule has 2 aromatic rings. The van der Waals surface area contributed by atoms with E-state index in [2.05, 4.69) is 15.1 Å². The molecule has 14 heavy (non-hydrogen) atoms. The van der Waals surface area contributed by atoms with Gasteiger partial charge in [0, 0.05) is 6.20 Å². The van der Waals surface area contributed by atoms with Crippen molar-refractivity contribution in [3.63, 3.8) is 0 Å². The topological polar surface area (TPSA) is 86.7 Å². The van der Waals surface area contributed by atoms with Gasteiger partial charge < -0.3 is 5.73 Å². The maximum absolute atomic E-state index is 10.7. The van der Waals surface area contributed by atoms with Crippen molar-refractivity contribution in [2.24, 2.45) is 5.73 Å². The van der Waals surface area contributed by atoms with E-state index in [0.717, 1.165) is 0 Å². The molecule has 0 spiro atoms. The summed E-state index contributed by atoms with van der Waals surface area (Å²) < 4.78 is 1.49. The number of hydrogen-bond acceptors (Lipinski definition) is 4. The summed E-state index contributed by atoms with van der Waals surface area (Å²) in [6, 6.07) is 3.24. The van der Waals surface area contributed by atoms with Gasteiger partial charge in [0.25, 0.3) is 0 Å². The molecule has 2 rings (SSSR count). The van der Waals surface area contributed by atoms with Crippen LogP contribution in [0.4, 0.5) is 0 Å². The first-order valence-electron chi connectivity index (χ1n) is 3.88. The first-order chi connectivity index (χ1) is 6.77. The predicted octanol–water partition coefficient (Wildman–Crippen LogP) is -0.239. The fraction of sp³-hybridized carbons (Fsp3) is 0. The summed E-state index contributed by atoms with van der Waals surface area (Å²) in [4.78, 5) is 18.5. The maximum Gasteiger partial charge on any atom is 0.250 e. The van der Waals surface area contributed by atoms with Crippen LogP contribution in [0.1, 0.15) is 10.4 Å². The van der Waals surface area contributed by atoms with Gasteiger partial charge in [-0.15, -0.1) is 0 Å². The number of carbonyl (C=O) groups excluding carboxylic acids is 1. The van der Waals surface area contributed by atoms with Gasteiger partial charge in [0.2, 0.25) is 5.91 Å². The number of carbonyl (C=O) groups is 1. The van der Waals surface area contributed by atoms with Crippen LogP contribution in [-0.4, -0.2) is 25.7 Å². The largest absolute Gasteiger partial charge is 0.366 e. The van der Waals surface area contributed by atoms with Crippen molar-refractivity contribution < 1.29 is 4.79 Å². The Bertz CT molecular complexity index is 433. The Labute approximate surface area is 79.4 Å². The minimum Gasteiger partial charge on any atom is -0.366 e. The van der Waals surface area contributed by atoms with Crippen LogP contribution >= 0.6 is 0 Å². The van der Waals surface area contributed by atoms with Crippen LogP contribution in [0.15, 0.2) is 31.0 Å². The minimum atomic E-state index is -0.498. The number of nitrogens with two attached hydrogens (primary N) is 1. The highest BCUT2D eigenvalue weighted by Gasteiger charge is 2.02. The summed E-state index contributed by atoms with van der Waals surface area (Å²) >= 11 is 0. The molecule has 2 aromatic heterocycles. The smallest absolute Gasteiger partial charge is 0.250 e. The molecule has 0 aliphatic rings. The first-order valence-corrected chi connectivity index (χ1v) is 3.88. The number of pyridine rings is 1. The van der Waals surface area contributed by atoms with Crippen molar-refractivity contribution in [1.29, 1.82) is 0 Å². The normalized spacial score (nSPS) is 10.0. The van der Waals surface area contributed by atoms with E-state index in [-0.39, 0.29) is 0 Å². The molecule has 0 aliphatic carbocycles. The summed E-state index contributed by atoms with van der Waals surface area (Å²) in [6.07, 6.45) is 4.33. The fourth-order valence-corrected chi connectivity index (χ4v) is 0.994. The van der Waals surface area contributed by atoms with Crippen molar-refractivity contribution in [3.8, 4) is 5.82 Å². The van der Waals surface area contributed by atoms with Gasteiger partial charge in [0.15, 0.2) is 5.82 Å². The third-order valence-electron chi connectivity index (χ3n) is 1.69. The number of amides is 1. The highest BCUT2D eigenvalue weighted by Crippen LogP contribution is 2.02. The van der Waals surface area contributed by atoms with Crippen molar-refractivity contribution in [3.05, 3.63) is 36.5 Å². The van der Waals surface area contributed by atoms with Crippen LogP contribution in [0.5, 0.6) is 0 Å². The Hall–Kier alpha value is -2.24. The van der Waals surface area contributed by atoms with E-state index in [0.29, 0.717) is 11.4 Å². The second-order valence-corrected chi connectivity index (χ2v) is 2.61. The Kier molecular flexibility index (Phi) is 1.94. The summed E-state index contributed by atoms with van der Waals surface area (Å²) in [5, 5.41) is 3.89. The van der Waals surface area contributed by atoms with Gasteiger partial charge in [-0.05, 0) is 12.1 Å². The van der Waals surface area contributed by atoms with Gasteiger partial charge in [-0.25, -0.2) is 14.6 Å². The molecule has 2 heterocycles. The van der Waals surface area contributed by atoms with E-state index in [1.165, 1.54) is 23.5 Å². The zero-order chi connectivity index (χ0) is 9.97. The number of primary amides is 1. The molecule has 0 aliphatic heterocycles. The molecule has 0 saturated heterocycles. The van der Waals surface area contributed by atoms with Crippen molar-refractivity contribution in [1.82, 2.24) is 19.7 Å². The Morgan fingerprint density at radius 3 is 2.79 bits per heavy atom. The van der Waals surface area contributed by atoms with Crippen LogP contribution in [0, 0.1) is 0 Å². The first kappa shape index (κ1) is 8.36. The third-order valence-corrected chi connectivity index (χ3v) is 1.69. The number of nitrogens with zero attached hydrogens (tertiary/aromatic N) is 4. The highest BCUT2D eigenvalue weighted by molar-refractivity contribution is 5.92. The lowest BCUT2D eigenvalue weighted by molar-refractivity contribution is 0.1000. The van der Waals surface area contributed by atoms with E-state index < -0.39 is 5.91 Å². The SMILES string of the molecule is NC(=O)c1ccc(-n2cncn2)nc1. The zero-order valence-electron chi connectivity index (χ0n) is 7.16. The van der Waals surface area contributed by atoms with Crippen molar-refractivity contribution in [2.45, 2.75) is 0 Å². The molecule has 0 fully saturated rings. The van der Waals surface area contributed by atoms with Crippen LogP contribution in [0.2, 0.25) is 0 Å². The van der Waals surface area contributed by atoms with Crippen LogP contribution < -0.4 is 5.73 Å². The van der Waals surface area contributed by atoms with Crippen molar-refractivity contribution in [2.75, 3.05) is 0 Å². The predicted molar refractivity (Wildman–Crippen MR) is 47.7 cm³/mol. The summed E-state index contributed by atoms with van der Waals surface area (Å²) in [5.41, 5.74) is 5.44. The van der Waals surface area contributed by atoms with E-state index >= 15 is 0 Å². The minimum absolute atomic E-state index is 0.369. The van der Waals surface area contributed by atoms with Crippen molar-refractivity contribution >= 4 is 5.91 Å². The summed E-state index contributed by atoms with van der Waals surface area (Å²) in [6.45, 7) is 0. The van der Waals surface area contributed by atoms with Crippen LogP contribution in [-0.2, 0) is 0 Å². The summed E-state index contributed by atoms with van der Waals surface area (Å²) in [5.74, 6) is 0.0927. The molecule has 0 aromatic carbocycles. The van der Waals surface area contributed by atoms with Gasteiger partial charge in [-0.3, -0.25) is 4.79 Å². The monoisotopic (exact) mass is 189 g/mol. The number of rotatable bonds is 2. The quantitative estimate of drug-likeness (QED) is 0.706. The molecule has 70 valence electrons. The average Bonchev–Trinajstić information content (AvgIpc) is 2.71. The molecule has 6 heteroatoms. The second-order valence-electron chi connectivity index (χ2n) is 2.61. The van der Waals surface area contributed by atoms with E-state index in [9.17, 15) is 4.79 Å². The lowest BCUT2D eigenvalue weighted by Crippen LogP contribution is -2.11. The van der Waals surface area contributed by atoms with E-state index in [1.807, 2.05) is 0 Å². The Morgan fingerprint density at radius 1 is 1.43 bits per heavy atom. The molecule has 1 amide bonds. The number of hydrogen-bond donors (Lipinski definition) is 1. The van der Waals surface area contributed by atoms with Gasteiger partial charge in [-0.1, -0.05) is 0 Å². The van der Waals surface area contributed by atoms with Gasteiger partial charge in [0.05, 0.1) is 5.56 Å². The maximum atomic E-state index is 10.7. The second kappa shape index (κ2) is 3.25. The van der Waals surface area contributed by atoms with E-state index in [4.69, 9.17) is 5.73 Å². The Balaban J connectivity index is 2.36. The molecule has 0 bridgehead atoms. The summed E-state index contributed by atoms with van der Waals surface area (Å²) in [7, 11) is 0. The molecule has 2 N–H and O–H groups in total. The molecule has 6 nitrogen and oxygen atoms in total. The fourth-order valence-electron chi connectivity index (χ4n) is 0.994. The zero-order valence-corrected chi connectivity index (χ0v) is 7.16. The van der Waals surface area contributed by atoms with Crippen LogP contribution in [0.3, 0.4) is 0 Å². The van der Waals surface area contributed by atoms with Gasteiger partial charge in [-0.2, -0.15) is 5.10 Å². The molecule has 0 radical (unpaired) electrons. The molecular weight excluding hydrogens is 182 g/mol. The van der Waals surface area contributed by atoms with Gasteiger partial charge in [0.1, 0.15) is 12.7 Å². The average molecular weight is 189 g/mol. The Morgan fingerprint density at radius 2 is 2.29 bits per heavy atom. The number of aromatic nitrogens is 4.